The molecule has 7 heteroatoms. The monoisotopic (exact) mass is 440 g/mol. The first-order chi connectivity index (χ1) is 14.4. The average molecular weight is 441 g/mol. The summed E-state index contributed by atoms with van der Waals surface area (Å²) in [6.07, 6.45) is 4.18. The molecule has 0 saturated carbocycles. The van der Waals surface area contributed by atoms with Crippen LogP contribution in [0.15, 0.2) is 36.5 Å². The van der Waals surface area contributed by atoms with Crippen LogP contribution in [-0.4, -0.2) is 44.7 Å². The van der Waals surface area contributed by atoms with E-state index in [1.807, 2.05) is 18.3 Å². The van der Waals surface area contributed by atoms with Crippen molar-refractivity contribution >= 4 is 45.1 Å². The number of benzene rings is 2. The molecule has 5 nitrogen and oxygen atoms in total. The number of rotatable bonds is 2. The molecule has 0 amide bonds. The molecular weight excluding hydrogens is 419 g/mol. The Labute approximate surface area is 184 Å². The van der Waals surface area contributed by atoms with Gasteiger partial charge < -0.3 is 14.6 Å². The smallest absolute Gasteiger partial charge is 0.152 e. The van der Waals surface area contributed by atoms with E-state index in [4.69, 9.17) is 28.2 Å². The number of aryl methyl sites for hydroxylation is 1. The lowest BCUT2D eigenvalue weighted by Crippen LogP contribution is -2.33. The minimum Gasteiger partial charge on any atom is -0.505 e. The number of fused-ring (bicyclic) bond motifs is 3. The highest BCUT2D eigenvalue weighted by Crippen LogP contribution is 2.38. The van der Waals surface area contributed by atoms with Gasteiger partial charge in [-0.1, -0.05) is 29.3 Å². The predicted molar refractivity (Wildman–Crippen MR) is 123 cm³/mol. The first-order valence-corrected chi connectivity index (χ1v) is 10.8. The fourth-order valence-electron chi connectivity index (χ4n) is 4.60. The van der Waals surface area contributed by atoms with Gasteiger partial charge in [-0.25, -0.2) is 4.98 Å². The normalized spacial score (nSPS) is 17.8. The van der Waals surface area contributed by atoms with Gasteiger partial charge in [0, 0.05) is 18.0 Å². The molecule has 0 radical (unpaired) electrons. The number of phenols is 1. The number of imidazole rings is 1. The molecule has 0 spiro atoms. The van der Waals surface area contributed by atoms with Crippen LogP contribution in [0.5, 0.6) is 5.75 Å². The van der Waals surface area contributed by atoms with Crippen LogP contribution >= 0.6 is 23.2 Å². The summed E-state index contributed by atoms with van der Waals surface area (Å²) in [4.78, 5) is 11.8. The molecule has 1 fully saturated rings. The SMILES string of the molecule is Cc1nc2cnc3ccc(-c4cc(Cl)c(O)c(Cl)c4)cc3c2n1[C@H]1CCCN(C)C1. The van der Waals surface area contributed by atoms with Crippen molar-refractivity contribution in [3.63, 3.8) is 0 Å². The number of likely N-dealkylation sites (N-methyl/N-ethyl adjacent to an activating group) is 1. The minimum absolute atomic E-state index is 0.0953. The van der Waals surface area contributed by atoms with Gasteiger partial charge in [0.25, 0.3) is 0 Å². The molecule has 3 heterocycles. The first kappa shape index (κ1) is 19.6. The Balaban J connectivity index is 1.74. The second-order valence-electron chi connectivity index (χ2n) is 8.10. The van der Waals surface area contributed by atoms with Crippen molar-refractivity contribution < 1.29 is 5.11 Å². The molecule has 154 valence electrons. The summed E-state index contributed by atoms with van der Waals surface area (Å²) in [6, 6.07) is 9.99. The number of halogens is 2. The summed E-state index contributed by atoms with van der Waals surface area (Å²) in [5.74, 6) is 0.919. The van der Waals surface area contributed by atoms with E-state index in [9.17, 15) is 5.11 Å². The molecule has 0 unspecified atom stereocenters. The van der Waals surface area contributed by atoms with Gasteiger partial charge in [-0.2, -0.15) is 0 Å². The van der Waals surface area contributed by atoms with E-state index in [0.717, 1.165) is 58.4 Å². The number of likely N-dealkylation sites (tertiary alicyclic amines) is 1. The fraction of sp³-hybridized carbons (Fsp3) is 0.304. The Morgan fingerprint density at radius 1 is 1.07 bits per heavy atom. The highest BCUT2D eigenvalue weighted by molar-refractivity contribution is 6.37. The van der Waals surface area contributed by atoms with Gasteiger partial charge in [-0.15, -0.1) is 0 Å². The second kappa shape index (κ2) is 7.41. The Bertz CT molecular complexity index is 1260. The summed E-state index contributed by atoms with van der Waals surface area (Å²) in [6.45, 7) is 4.22. The summed E-state index contributed by atoms with van der Waals surface area (Å²) in [5.41, 5.74) is 4.77. The molecule has 2 aromatic carbocycles. The Morgan fingerprint density at radius 3 is 2.57 bits per heavy atom. The van der Waals surface area contributed by atoms with Crippen molar-refractivity contribution in [2.45, 2.75) is 25.8 Å². The summed E-state index contributed by atoms with van der Waals surface area (Å²) < 4.78 is 2.38. The van der Waals surface area contributed by atoms with Crippen LogP contribution in [0.25, 0.3) is 33.1 Å². The second-order valence-corrected chi connectivity index (χ2v) is 8.91. The first-order valence-electron chi connectivity index (χ1n) is 10.1. The molecule has 1 aliphatic rings. The maximum atomic E-state index is 9.91. The van der Waals surface area contributed by atoms with E-state index < -0.39 is 0 Å². The highest BCUT2D eigenvalue weighted by atomic mass is 35.5. The molecule has 2 aromatic heterocycles. The van der Waals surface area contributed by atoms with E-state index >= 15 is 0 Å². The van der Waals surface area contributed by atoms with Crippen molar-refractivity contribution in [2.24, 2.45) is 0 Å². The molecular formula is C23H22Cl2N4O. The minimum atomic E-state index is -0.0953. The summed E-state index contributed by atoms with van der Waals surface area (Å²) in [5, 5.41) is 11.4. The number of aromatic hydroxyl groups is 1. The standard InChI is InChI=1S/C23H22Cl2N4O/c1-13-27-21-11-26-20-6-5-14(15-9-18(24)23(30)19(25)10-15)8-17(20)22(21)29(13)16-4-3-7-28(2)12-16/h5-6,8-11,16,30H,3-4,7,12H2,1-2H3/t16-/m0/s1. The summed E-state index contributed by atoms with van der Waals surface area (Å²) in [7, 11) is 2.18. The van der Waals surface area contributed by atoms with Crippen LogP contribution in [-0.2, 0) is 0 Å². The van der Waals surface area contributed by atoms with E-state index in [-0.39, 0.29) is 15.8 Å². The van der Waals surface area contributed by atoms with Gasteiger partial charge >= 0.3 is 0 Å². The zero-order valence-corrected chi connectivity index (χ0v) is 18.4. The third kappa shape index (κ3) is 3.22. The van der Waals surface area contributed by atoms with Crippen molar-refractivity contribution in [3.05, 3.63) is 52.4 Å². The zero-order valence-electron chi connectivity index (χ0n) is 16.9. The molecule has 5 rings (SSSR count). The number of aromatic nitrogens is 3. The molecule has 4 aromatic rings. The number of hydrogen-bond acceptors (Lipinski definition) is 4. The third-order valence-electron chi connectivity index (χ3n) is 6.01. The van der Waals surface area contributed by atoms with Gasteiger partial charge in [0.2, 0.25) is 0 Å². The van der Waals surface area contributed by atoms with Gasteiger partial charge in [0.05, 0.1) is 27.3 Å². The van der Waals surface area contributed by atoms with Gasteiger partial charge in [-0.05, 0) is 68.8 Å². The molecule has 30 heavy (non-hydrogen) atoms. The summed E-state index contributed by atoms with van der Waals surface area (Å²) >= 11 is 12.3. The Kier molecular flexibility index (Phi) is 4.85. The lowest BCUT2D eigenvalue weighted by molar-refractivity contribution is 0.213. The molecule has 1 atom stereocenters. The van der Waals surface area contributed by atoms with Crippen molar-refractivity contribution in [1.29, 1.82) is 0 Å². The van der Waals surface area contributed by atoms with Gasteiger partial charge in [-0.3, -0.25) is 4.98 Å². The van der Waals surface area contributed by atoms with Crippen LogP contribution in [0, 0.1) is 6.92 Å². The quantitative estimate of drug-likeness (QED) is 0.425. The molecule has 0 aliphatic carbocycles. The van der Waals surface area contributed by atoms with Crippen LogP contribution < -0.4 is 0 Å². The van der Waals surface area contributed by atoms with Crippen LogP contribution in [0.1, 0.15) is 24.7 Å². The number of phenolic OH excluding ortho intramolecular Hbond substituents is 1. The lowest BCUT2D eigenvalue weighted by Gasteiger charge is -2.31. The number of piperidine rings is 1. The van der Waals surface area contributed by atoms with E-state index in [0.29, 0.717) is 6.04 Å². The third-order valence-corrected chi connectivity index (χ3v) is 6.58. The topological polar surface area (TPSA) is 54.2 Å². The highest BCUT2D eigenvalue weighted by Gasteiger charge is 2.23. The Morgan fingerprint density at radius 2 is 1.83 bits per heavy atom. The number of hydrogen-bond donors (Lipinski definition) is 1. The van der Waals surface area contributed by atoms with E-state index in [2.05, 4.69) is 34.5 Å². The average Bonchev–Trinajstić information content (AvgIpc) is 3.07. The molecule has 1 aliphatic heterocycles. The van der Waals surface area contributed by atoms with Crippen LogP contribution in [0.2, 0.25) is 10.0 Å². The lowest BCUT2D eigenvalue weighted by atomic mass is 10.0. The fourth-order valence-corrected chi connectivity index (χ4v) is 5.09. The maximum Gasteiger partial charge on any atom is 0.152 e. The number of pyridine rings is 1. The largest absolute Gasteiger partial charge is 0.505 e. The van der Waals surface area contributed by atoms with Gasteiger partial charge in [0.15, 0.2) is 5.75 Å². The van der Waals surface area contributed by atoms with E-state index in [1.165, 1.54) is 6.42 Å². The molecule has 0 bridgehead atoms. The van der Waals surface area contributed by atoms with Crippen molar-refractivity contribution in [2.75, 3.05) is 20.1 Å². The molecule has 1 N–H and O–H groups in total. The predicted octanol–water partition coefficient (Wildman–Crippen LogP) is 5.84. The van der Waals surface area contributed by atoms with Crippen LogP contribution in [0.3, 0.4) is 0 Å². The van der Waals surface area contributed by atoms with Gasteiger partial charge in [0.1, 0.15) is 11.3 Å². The van der Waals surface area contributed by atoms with Crippen molar-refractivity contribution in [1.82, 2.24) is 19.4 Å². The zero-order chi connectivity index (χ0) is 21.0. The van der Waals surface area contributed by atoms with Crippen LogP contribution in [0.4, 0.5) is 0 Å². The van der Waals surface area contributed by atoms with E-state index in [1.54, 1.807) is 12.1 Å². The Hall–Kier alpha value is -2.34. The molecule has 1 saturated heterocycles. The van der Waals surface area contributed by atoms with Crippen molar-refractivity contribution in [3.8, 4) is 16.9 Å². The number of nitrogens with zero attached hydrogens (tertiary/aromatic N) is 4. The maximum absolute atomic E-state index is 9.91.